The molecule has 1 saturated carbocycles. The molecular formula is C15H21N3O3. The minimum Gasteiger partial charge on any atom is -0.370 e. The van der Waals surface area contributed by atoms with Crippen LogP contribution in [0.3, 0.4) is 0 Å². The molecule has 0 aromatic heterocycles. The minimum absolute atomic E-state index is 0.0654. The maximum absolute atomic E-state index is 12.3. The number of aliphatic hydroxyl groups excluding tert-OH is 1. The molecule has 1 unspecified atom stereocenters. The second-order valence-corrected chi connectivity index (χ2v) is 7.14. The Morgan fingerprint density at radius 3 is 2.67 bits per heavy atom. The van der Waals surface area contributed by atoms with Gasteiger partial charge in [0.05, 0.1) is 5.54 Å². The van der Waals surface area contributed by atoms with Gasteiger partial charge in [-0.3, -0.25) is 9.59 Å². The fourth-order valence-electron chi connectivity index (χ4n) is 4.90. The molecular weight excluding hydrogens is 270 g/mol. The lowest BCUT2D eigenvalue weighted by molar-refractivity contribution is -0.140. The van der Waals surface area contributed by atoms with Gasteiger partial charge >= 0.3 is 0 Å². The van der Waals surface area contributed by atoms with Crippen molar-refractivity contribution in [3.8, 4) is 0 Å². The number of nitrogens with zero attached hydrogens (tertiary/aromatic N) is 2. The summed E-state index contributed by atoms with van der Waals surface area (Å²) in [5, 5.41) is 12.8. The molecule has 4 fully saturated rings. The summed E-state index contributed by atoms with van der Waals surface area (Å²) >= 11 is 0. The van der Waals surface area contributed by atoms with E-state index in [0.717, 1.165) is 19.4 Å². The van der Waals surface area contributed by atoms with Crippen molar-refractivity contribution in [2.45, 2.75) is 31.0 Å². The molecule has 6 nitrogen and oxygen atoms in total. The predicted molar refractivity (Wildman–Crippen MR) is 75.0 cm³/mol. The standard InChI is InChI=1S/C15H21N3O3/c19-12(8-18-13(20)1-2-14(18)21)16-15-4-10-3-11(5-15)7-17(6-10)9-15/h1-2,10-11,13,20H,3-9H2,(H,16,19)/t10-,11+,13?,15+. The molecule has 0 spiro atoms. The fraction of sp³-hybridized carbons (Fsp3) is 0.733. The zero-order chi connectivity index (χ0) is 14.6. The van der Waals surface area contributed by atoms with E-state index in [9.17, 15) is 14.7 Å². The van der Waals surface area contributed by atoms with Gasteiger partial charge in [-0.25, -0.2) is 0 Å². The summed E-state index contributed by atoms with van der Waals surface area (Å²) in [4.78, 5) is 27.5. The maximum Gasteiger partial charge on any atom is 0.249 e. The van der Waals surface area contributed by atoms with Gasteiger partial charge in [-0.05, 0) is 37.2 Å². The minimum atomic E-state index is -0.969. The van der Waals surface area contributed by atoms with Crippen LogP contribution < -0.4 is 5.32 Å². The van der Waals surface area contributed by atoms with E-state index in [4.69, 9.17) is 0 Å². The molecule has 0 aromatic rings. The lowest BCUT2D eigenvalue weighted by Gasteiger charge is -2.58. The molecule has 5 aliphatic rings. The Hall–Kier alpha value is -1.40. The lowest BCUT2D eigenvalue weighted by atomic mass is 9.64. The van der Waals surface area contributed by atoms with E-state index in [1.165, 1.54) is 36.6 Å². The van der Waals surface area contributed by atoms with E-state index in [-0.39, 0.29) is 23.9 Å². The number of nitrogens with one attached hydrogen (secondary N) is 1. The van der Waals surface area contributed by atoms with E-state index < -0.39 is 6.23 Å². The van der Waals surface area contributed by atoms with Gasteiger partial charge in [0, 0.05) is 25.7 Å². The van der Waals surface area contributed by atoms with Crippen LogP contribution >= 0.6 is 0 Å². The van der Waals surface area contributed by atoms with Crippen LogP contribution in [0.5, 0.6) is 0 Å². The summed E-state index contributed by atoms with van der Waals surface area (Å²) in [5.41, 5.74) is -0.109. The number of hydrogen-bond donors (Lipinski definition) is 2. The second-order valence-electron chi connectivity index (χ2n) is 7.14. The highest BCUT2D eigenvalue weighted by Crippen LogP contribution is 2.45. The van der Waals surface area contributed by atoms with E-state index in [1.54, 1.807) is 0 Å². The monoisotopic (exact) mass is 291 g/mol. The van der Waals surface area contributed by atoms with Gasteiger partial charge in [0.25, 0.3) is 0 Å². The highest BCUT2D eigenvalue weighted by Gasteiger charge is 2.50. The lowest BCUT2D eigenvalue weighted by Crippen LogP contribution is -2.69. The Bertz CT molecular complexity index is 481. The normalized spacial score (nSPS) is 43.7. The Morgan fingerprint density at radius 2 is 2.10 bits per heavy atom. The highest BCUT2D eigenvalue weighted by atomic mass is 16.3. The van der Waals surface area contributed by atoms with Crippen LogP contribution in [0.4, 0.5) is 0 Å². The molecule has 0 aromatic carbocycles. The van der Waals surface area contributed by atoms with Crippen LogP contribution in [0.1, 0.15) is 19.3 Å². The zero-order valence-electron chi connectivity index (χ0n) is 12.0. The molecule has 2 amide bonds. The summed E-state index contributed by atoms with van der Waals surface area (Å²) in [6.07, 6.45) is 5.16. The van der Waals surface area contributed by atoms with Crippen LogP contribution in [-0.4, -0.2) is 64.7 Å². The number of carbonyl (C=O) groups excluding carboxylic acids is 2. The molecule has 4 heterocycles. The molecule has 0 radical (unpaired) electrons. The second kappa shape index (κ2) is 4.55. The quantitative estimate of drug-likeness (QED) is 0.721. The zero-order valence-corrected chi connectivity index (χ0v) is 12.0. The molecule has 5 rings (SSSR count). The summed E-state index contributed by atoms with van der Waals surface area (Å²) in [5.74, 6) is 0.945. The van der Waals surface area contributed by atoms with Crippen LogP contribution in [0, 0.1) is 11.8 Å². The SMILES string of the molecule is O=C(CN1C(=O)C=CC1O)N[C@@]12C[C@@H]3C[C@@H](C[N@](C3)C1)C2. The van der Waals surface area contributed by atoms with E-state index in [1.807, 2.05) is 0 Å². The van der Waals surface area contributed by atoms with E-state index >= 15 is 0 Å². The van der Waals surface area contributed by atoms with E-state index in [2.05, 4.69) is 10.2 Å². The third-order valence-electron chi connectivity index (χ3n) is 5.32. The Kier molecular flexibility index (Phi) is 2.87. The predicted octanol–water partition coefficient (Wildman–Crippen LogP) is -0.696. The Morgan fingerprint density at radius 1 is 1.38 bits per heavy atom. The number of piperidine rings is 3. The van der Waals surface area contributed by atoms with Crippen molar-refractivity contribution in [1.82, 2.24) is 15.1 Å². The van der Waals surface area contributed by atoms with Crippen molar-refractivity contribution >= 4 is 11.8 Å². The Labute approximate surface area is 123 Å². The number of rotatable bonds is 3. The van der Waals surface area contributed by atoms with Crippen LogP contribution in [-0.2, 0) is 9.59 Å². The summed E-state index contributed by atoms with van der Waals surface area (Å²) < 4.78 is 0. The van der Waals surface area contributed by atoms with Crippen molar-refractivity contribution in [1.29, 1.82) is 0 Å². The Balaban J connectivity index is 1.42. The van der Waals surface area contributed by atoms with Gasteiger partial charge in [0.1, 0.15) is 12.8 Å². The van der Waals surface area contributed by atoms with Crippen molar-refractivity contribution in [3.63, 3.8) is 0 Å². The smallest absolute Gasteiger partial charge is 0.249 e. The van der Waals surface area contributed by atoms with Crippen molar-refractivity contribution in [2.24, 2.45) is 11.8 Å². The first kappa shape index (κ1) is 13.3. The molecule has 21 heavy (non-hydrogen) atoms. The van der Waals surface area contributed by atoms with Crippen LogP contribution in [0.25, 0.3) is 0 Å². The summed E-state index contributed by atoms with van der Waals surface area (Å²) in [6.45, 7) is 3.20. The van der Waals surface area contributed by atoms with Crippen LogP contribution in [0.2, 0.25) is 0 Å². The molecule has 2 N–H and O–H groups in total. The summed E-state index contributed by atoms with van der Waals surface area (Å²) in [7, 11) is 0. The average Bonchev–Trinajstić information content (AvgIpc) is 2.68. The highest BCUT2D eigenvalue weighted by molar-refractivity contribution is 5.93. The molecule has 5 atom stereocenters. The molecule has 114 valence electrons. The van der Waals surface area contributed by atoms with Gasteiger partial charge in [-0.2, -0.15) is 0 Å². The molecule has 3 saturated heterocycles. The van der Waals surface area contributed by atoms with Crippen LogP contribution in [0.15, 0.2) is 12.2 Å². The van der Waals surface area contributed by atoms with E-state index in [0.29, 0.717) is 11.8 Å². The van der Waals surface area contributed by atoms with Crippen molar-refractivity contribution in [2.75, 3.05) is 26.2 Å². The average molecular weight is 291 g/mol. The van der Waals surface area contributed by atoms with Gasteiger partial charge < -0.3 is 20.2 Å². The molecule has 4 bridgehead atoms. The number of hydrogen-bond acceptors (Lipinski definition) is 4. The first-order valence-corrected chi connectivity index (χ1v) is 7.73. The third kappa shape index (κ3) is 2.26. The summed E-state index contributed by atoms with van der Waals surface area (Å²) in [6, 6.07) is 0. The van der Waals surface area contributed by atoms with Gasteiger partial charge in [-0.1, -0.05) is 0 Å². The number of amides is 2. The van der Waals surface area contributed by atoms with Gasteiger partial charge in [0.15, 0.2) is 0 Å². The topological polar surface area (TPSA) is 72.9 Å². The first-order chi connectivity index (χ1) is 10.0. The first-order valence-electron chi connectivity index (χ1n) is 7.73. The molecule has 6 heteroatoms. The number of carbonyl (C=O) groups is 2. The maximum atomic E-state index is 12.3. The van der Waals surface area contributed by atoms with Gasteiger partial charge in [-0.15, -0.1) is 0 Å². The van der Waals surface area contributed by atoms with Crippen molar-refractivity contribution in [3.05, 3.63) is 12.2 Å². The molecule has 1 aliphatic carbocycles. The third-order valence-corrected chi connectivity index (χ3v) is 5.32. The fourth-order valence-corrected chi connectivity index (χ4v) is 4.90. The number of aliphatic hydroxyl groups is 1. The van der Waals surface area contributed by atoms with Crippen molar-refractivity contribution < 1.29 is 14.7 Å². The molecule has 4 aliphatic heterocycles. The largest absolute Gasteiger partial charge is 0.370 e. The van der Waals surface area contributed by atoms with Gasteiger partial charge in [0.2, 0.25) is 11.8 Å².